The highest BCUT2D eigenvalue weighted by atomic mass is 79.9. The van der Waals surface area contributed by atoms with Crippen LogP contribution in [0.25, 0.3) is 0 Å². The first kappa shape index (κ1) is 13.8. The molecular formula is C17H17BrFN. The maximum Gasteiger partial charge on any atom is 0.142 e. The van der Waals surface area contributed by atoms with E-state index in [1.807, 2.05) is 6.07 Å². The Morgan fingerprint density at radius 3 is 2.65 bits per heavy atom. The molecule has 2 aromatic carbocycles. The van der Waals surface area contributed by atoms with Crippen molar-refractivity contribution in [2.24, 2.45) is 11.7 Å². The summed E-state index contributed by atoms with van der Waals surface area (Å²) in [6.45, 7) is 0. The van der Waals surface area contributed by atoms with Crippen molar-refractivity contribution in [1.29, 1.82) is 0 Å². The molecule has 2 unspecified atom stereocenters. The molecule has 2 atom stereocenters. The first-order valence-corrected chi connectivity index (χ1v) is 7.72. The zero-order chi connectivity index (χ0) is 14.1. The van der Waals surface area contributed by atoms with Gasteiger partial charge in [-0.2, -0.15) is 0 Å². The minimum atomic E-state index is -0.249. The number of nitrogens with two attached hydrogens (primary N) is 1. The SMILES string of the molecule is NC(c1cccc(Br)c1F)C1CCc2ccccc2C1. The van der Waals surface area contributed by atoms with Crippen molar-refractivity contribution in [2.45, 2.75) is 25.3 Å². The molecule has 0 spiro atoms. The van der Waals surface area contributed by atoms with Crippen LogP contribution in [0, 0.1) is 11.7 Å². The van der Waals surface area contributed by atoms with E-state index in [9.17, 15) is 4.39 Å². The highest BCUT2D eigenvalue weighted by Crippen LogP contribution is 2.34. The van der Waals surface area contributed by atoms with E-state index in [-0.39, 0.29) is 11.9 Å². The summed E-state index contributed by atoms with van der Waals surface area (Å²) >= 11 is 3.23. The lowest BCUT2D eigenvalue weighted by molar-refractivity contribution is 0.373. The van der Waals surface area contributed by atoms with Crippen LogP contribution in [0.2, 0.25) is 0 Å². The molecule has 0 heterocycles. The zero-order valence-corrected chi connectivity index (χ0v) is 12.7. The molecule has 1 aliphatic rings. The van der Waals surface area contributed by atoms with E-state index < -0.39 is 0 Å². The van der Waals surface area contributed by atoms with Gasteiger partial charge in [-0.15, -0.1) is 0 Å². The standard InChI is InChI=1S/C17H17BrFN/c18-15-7-3-6-14(16(15)19)17(20)13-9-8-11-4-1-2-5-12(11)10-13/h1-7,13,17H,8-10,20H2. The van der Waals surface area contributed by atoms with Gasteiger partial charge in [0.15, 0.2) is 0 Å². The molecule has 0 saturated carbocycles. The van der Waals surface area contributed by atoms with Crippen molar-refractivity contribution < 1.29 is 4.39 Å². The third-order valence-corrected chi connectivity index (χ3v) is 4.85. The van der Waals surface area contributed by atoms with Crippen molar-refractivity contribution in [2.75, 3.05) is 0 Å². The first-order valence-electron chi connectivity index (χ1n) is 6.93. The van der Waals surface area contributed by atoms with Gasteiger partial charge in [0.2, 0.25) is 0 Å². The van der Waals surface area contributed by atoms with Gasteiger partial charge in [0, 0.05) is 11.6 Å². The largest absolute Gasteiger partial charge is 0.324 e. The average molecular weight is 334 g/mol. The number of benzene rings is 2. The third kappa shape index (κ3) is 2.52. The van der Waals surface area contributed by atoms with Crippen LogP contribution in [0.15, 0.2) is 46.9 Å². The summed E-state index contributed by atoms with van der Waals surface area (Å²) in [7, 11) is 0. The zero-order valence-electron chi connectivity index (χ0n) is 11.2. The fraction of sp³-hybridized carbons (Fsp3) is 0.294. The number of hydrogen-bond acceptors (Lipinski definition) is 1. The molecule has 3 heteroatoms. The van der Waals surface area contributed by atoms with E-state index in [1.165, 1.54) is 11.1 Å². The Labute approximate surface area is 127 Å². The van der Waals surface area contributed by atoms with Gasteiger partial charge in [-0.3, -0.25) is 0 Å². The van der Waals surface area contributed by atoms with Gasteiger partial charge in [-0.05, 0) is 58.3 Å². The fourth-order valence-corrected chi connectivity index (χ4v) is 3.45. The molecule has 0 bridgehead atoms. The smallest absolute Gasteiger partial charge is 0.142 e. The van der Waals surface area contributed by atoms with Crippen LogP contribution in [-0.2, 0) is 12.8 Å². The number of hydrogen-bond donors (Lipinski definition) is 1. The van der Waals surface area contributed by atoms with Crippen LogP contribution in [0.3, 0.4) is 0 Å². The number of aryl methyl sites for hydroxylation is 1. The van der Waals surface area contributed by atoms with Crippen LogP contribution < -0.4 is 5.73 Å². The molecule has 3 rings (SSSR count). The van der Waals surface area contributed by atoms with Gasteiger partial charge in [0.25, 0.3) is 0 Å². The quantitative estimate of drug-likeness (QED) is 0.866. The topological polar surface area (TPSA) is 26.0 Å². The van der Waals surface area contributed by atoms with Gasteiger partial charge in [-0.1, -0.05) is 36.4 Å². The van der Waals surface area contributed by atoms with Gasteiger partial charge in [-0.25, -0.2) is 4.39 Å². The lowest BCUT2D eigenvalue weighted by atomic mass is 9.78. The van der Waals surface area contributed by atoms with Crippen LogP contribution in [0.4, 0.5) is 4.39 Å². The molecule has 0 radical (unpaired) electrons. The molecule has 1 aliphatic carbocycles. The highest BCUT2D eigenvalue weighted by Gasteiger charge is 2.26. The van der Waals surface area contributed by atoms with E-state index in [1.54, 1.807) is 12.1 Å². The van der Waals surface area contributed by atoms with Crippen LogP contribution in [-0.4, -0.2) is 0 Å². The molecule has 0 fully saturated rings. The molecule has 1 nitrogen and oxygen atoms in total. The minimum Gasteiger partial charge on any atom is -0.324 e. The lowest BCUT2D eigenvalue weighted by Crippen LogP contribution is -2.27. The molecule has 104 valence electrons. The Morgan fingerprint density at radius 1 is 1.10 bits per heavy atom. The Bertz CT molecular complexity index is 626. The van der Waals surface area contributed by atoms with E-state index >= 15 is 0 Å². The fourth-order valence-electron chi connectivity index (χ4n) is 3.06. The Balaban J connectivity index is 1.86. The number of halogens is 2. The second kappa shape index (κ2) is 5.66. The van der Waals surface area contributed by atoms with Crippen molar-refractivity contribution in [3.8, 4) is 0 Å². The normalized spacial score (nSPS) is 19.4. The summed E-state index contributed by atoms with van der Waals surface area (Å²) in [5.41, 5.74) is 9.71. The summed E-state index contributed by atoms with van der Waals surface area (Å²) in [5, 5.41) is 0. The van der Waals surface area contributed by atoms with Gasteiger partial charge >= 0.3 is 0 Å². The van der Waals surface area contributed by atoms with Crippen molar-refractivity contribution in [3.63, 3.8) is 0 Å². The maximum atomic E-state index is 14.2. The Kier molecular flexibility index (Phi) is 3.90. The molecule has 0 aliphatic heterocycles. The van der Waals surface area contributed by atoms with Gasteiger partial charge in [0.05, 0.1) is 4.47 Å². The molecule has 0 saturated heterocycles. The third-order valence-electron chi connectivity index (χ3n) is 4.23. The average Bonchev–Trinajstić information content (AvgIpc) is 2.49. The highest BCUT2D eigenvalue weighted by molar-refractivity contribution is 9.10. The van der Waals surface area contributed by atoms with Gasteiger partial charge in [0.1, 0.15) is 5.82 Å². The Morgan fingerprint density at radius 2 is 1.85 bits per heavy atom. The van der Waals surface area contributed by atoms with E-state index in [4.69, 9.17) is 5.73 Å². The Hall–Kier alpha value is -1.19. The predicted molar refractivity (Wildman–Crippen MR) is 83.0 cm³/mol. The second-order valence-electron chi connectivity index (χ2n) is 5.44. The monoisotopic (exact) mass is 333 g/mol. The molecule has 2 aromatic rings. The molecular weight excluding hydrogens is 317 g/mol. The molecule has 2 N–H and O–H groups in total. The summed E-state index contributed by atoms with van der Waals surface area (Å²) in [6, 6.07) is 13.6. The van der Waals surface area contributed by atoms with E-state index in [2.05, 4.69) is 40.2 Å². The van der Waals surface area contributed by atoms with Crippen molar-refractivity contribution >= 4 is 15.9 Å². The van der Waals surface area contributed by atoms with Crippen molar-refractivity contribution in [3.05, 3.63) is 69.4 Å². The van der Waals surface area contributed by atoms with E-state index in [0.717, 1.165) is 19.3 Å². The maximum absolute atomic E-state index is 14.2. The van der Waals surface area contributed by atoms with Gasteiger partial charge < -0.3 is 5.73 Å². The minimum absolute atomic E-state index is 0.223. The van der Waals surface area contributed by atoms with Crippen LogP contribution in [0.5, 0.6) is 0 Å². The first-order chi connectivity index (χ1) is 9.66. The summed E-state index contributed by atoms with van der Waals surface area (Å²) in [4.78, 5) is 0. The van der Waals surface area contributed by atoms with Crippen LogP contribution >= 0.6 is 15.9 Å². The summed E-state index contributed by atoms with van der Waals surface area (Å²) in [5.74, 6) is 0.0764. The van der Waals surface area contributed by atoms with E-state index in [0.29, 0.717) is 16.0 Å². The number of fused-ring (bicyclic) bond motifs is 1. The van der Waals surface area contributed by atoms with Crippen molar-refractivity contribution in [1.82, 2.24) is 0 Å². The summed E-state index contributed by atoms with van der Waals surface area (Å²) in [6.07, 6.45) is 2.98. The predicted octanol–water partition coefficient (Wildman–Crippen LogP) is 4.39. The molecule has 0 aromatic heterocycles. The molecule has 0 amide bonds. The molecule has 20 heavy (non-hydrogen) atoms. The lowest BCUT2D eigenvalue weighted by Gasteiger charge is -2.29. The van der Waals surface area contributed by atoms with Crippen LogP contribution in [0.1, 0.15) is 29.2 Å². The number of rotatable bonds is 2. The second-order valence-corrected chi connectivity index (χ2v) is 6.29. The summed E-state index contributed by atoms with van der Waals surface area (Å²) < 4.78 is 14.7.